The van der Waals surface area contributed by atoms with Crippen LogP contribution in [0.1, 0.15) is 56.1 Å². The van der Waals surface area contributed by atoms with Crippen LogP contribution in [-0.4, -0.2) is 22.9 Å². The lowest BCUT2D eigenvalue weighted by Gasteiger charge is -2.25. The van der Waals surface area contributed by atoms with Gasteiger partial charge in [0.2, 0.25) is 5.91 Å². The first kappa shape index (κ1) is 11.5. The molecule has 102 valence electrons. The van der Waals surface area contributed by atoms with Crippen LogP contribution in [0.3, 0.4) is 0 Å². The number of rotatable bonds is 3. The van der Waals surface area contributed by atoms with Crippen molar-refractivity contribution in [1.82, 2.24) is 4.90 Å². The van der Waals surface area contributed by atoms with Gasteiger partial charge in [0.05, 0.1) is 0 Å². The first-order valence-corrected chi connectivity index (χ1v) is 7.31. The zero-order valence-electron chi connectivity index (χ0n) is 11.2. The number of nitrogens with zero attached hydrogens (tertiary/aromatic N) is 1. The van der Waals surface area contributed by atoms with Gasteiger partial charge in [0, 0.05) is 24.4 Å². The highest BCUT2D eigenvalue weighted by molar-refractivity contribution is 5.81. The lowest BCUT2D eigenvalue weighted by molar-refractivity contribution is -0.129. The predicted molar refractivity (Wildman–Crippen MR) is 70.4 cm³/mol. The third-order valence-corrected chi connectivity index (χ3v) is 4.76. The second-order valence-electron chi connectivity index (χ2n) is 6.40. The van der Waals surface area contributed by atoms with E-state index < -0.39 is 0 Å². The van der Waals surface area contributed by atoms with Gasteiger partial charge in [-0.15, -0.1) is 0 Å². The zero-order valence-corrected chi connectivity index (χ0v) is 11.2. The number of nitrogens with two attached hydrogens (primary N) is 1. The van der Waals surface area contributed by atoms with Gasteiger partial charge in [0.15, 0.2) is 0 Å². The molecule has 3 aliphatic rings. The molecule has 19 heavy (non-hydrogen) atoms. The second-order valence-corrected chi connectivity index (χ2v) is 6.40. The molecule has 1 aromatic heterocycles. The molecule has 2 saturated carbocycles. The summed E-state index contributed by atoms with van der Waals surface area (Å²) in [6.45, 7) is 2.24. The van der Waals surface area contributed by atoms with Crippen LogP contribution in [0, 0.1) is 5.92 Å². The number of likely N-dealkylation sites (tertiary alicyclic amines) is 1. The molecule has 2 aliphatic carbocycles. The quantitative estimate of drug-likeness (QED) is 0.906. The summed E-state index contributed by atoms with van der Waals surface area (Å²) in [6.07, 6.45) is 3.90. The number of furan rings is 1. The molecule has 1 aliphatic heterocycles. The van der Waals surface area contributed by atoms with Crippen LogP contribution in [0.4, 0.5) is 0 Å². The third kappa shape index (κ3) is 1.81. The SMILES string of the molecule is CC1CC1c1ccc(C2C(N)CC(=O)N2C2CC2)o1. The molecule has 0 aromatic carbocycles. The Hall–Kier alpha value is -1.29. The Kier molecular flexibility index (Phi) is 2.34. The Morgan fingerprint density at radius 1 is 1.32 bits per heavy atom. The summed E-state index contributed by atoms with van der Waals surface area (Å²) < 4.78 is 6.01. The maximum atomic E-state index is 12.1. The van der Waals surface area contributed by atoms with Gasteiger partial charge in [-0.3, -0.25) is 4.79 Å². The summed E-state index contributed by atoms with van der Waals surface area (Å²) in [5.41, 5.74) is 6.16. The molecule has 4 unspecified atom stereocenters. The van der Waals surface area contributed by atoms with Crippen LogP contribution in [0.25, 0.3) is 0 Å². The van der Waals surface area contributed by atoms with Gasteiger partial charge < -0.3 is 15.1 Å². The van der Waals surface area contributed by atoms with Crippen LogP contribution >= 0.6 is 0 Å². The summed E-state index contributed by atoms with van der Waals surface area (Å²) in [4.78, 5) is 14.0. The Balaban J connectivity index is 1.62. The normalized spacial score (nSPS) is 38.0. The Labute approximate surface area is 112 Å². The van der Waals surface area contributed by atoms with Gasteiger partial charge in [-0.2, -0.15) is 0 Å². The summed E-state index contributed by atoms with van der Waals surface area (Å²) in [6, 6.07) is 4.34. The smallest absolute Gasteiger partial charge is 0.225 e. The number of carbonyl (C=O) groups excluding carboxylic acids is 1. The van der Waals surface area contributed by atoms with Gasteiger partial charge in [0.1, 0.15) is 17.6 Å². The van der Waals surface area contributed by atoms with Crippen molar-refractivity contribution in [3.05, 3.63) is 23.7 Å². The molecule has 1 amide bonds. The van der Waals surface area contributed by atoms with E-state index in [0.717, 1.165) is 30.3 Å². The highest BCUT2D eigenvalue weighted by Crippen LogP contribution is 2.49. The van der Waals surface area contributed by atoms with E-state index in [-0.39, 0.29) is 18.0 Å². The van der Waals surface area contributed by atoms with Crippen molar-refractivity contribution >= 4 is 5.91 Å². The standard InChI is InChI=1S/C15H20N2O2/c1-8-6-10(8)12-4-5-13(19-12)15-11(16)7-14(18)17(15)9-2-3-9/h4-5,8-11,15H,2-3,6-7,16H2,1H3. The Morgan fingerprint density at radius 2 is 2.00 bits per heavy atom. The summed E-state index contributed by atoms with van der Waals surface area (Å²) >= 11 is 0. The molecule has 2 heterocycles. The average Bonchev–Trinajstić information content (AvgIpc) is 3.25. The highest BCUT2D eigenvalue weighted by Gasteiger charge is 2.47. The number of amides is 1. The molecule has 0 bridgehead atoms. The molecule has 1 saturated heterocycles. The maximum absolute atomic E-state index is 12.1. The Morgan fingerprint density at radius 3 is 2.63 bits per heavy atom. The van der Waals surface area contributed by atoms with Crippen molar-refractivity contribution in [2.24, 2.45) is 11.7 Å². The largest absolute Gasteiger partial charge is 0.464 e. The van der Waals surface area contributed by atoms with E-state index in [1.807, 2.05) is 11.0 Å². The molecular weight excluding hydrogens is 240 g/mol. The number of hydrogen-bond donors (Lipinski definition) is 1. The fraction of sp³-hybridized carbons (Fsp3) is 0.667. The summed E-state index contributed by atoms with van der Waals surface area (Å²) in [5.74, 6) is 3.47. The topological polar surface area (TPSA) is 59.5 Å². The van der Waals surface area contributed by atoms with Crippen molar-refractivity contribution in [1.29, 1.82) is 0 Å². The van der Waals surface area contributed by atoms with Crippen molar-refractivity contribution in [3.8, 4) is 0 Å². The summed E-state index contributed by atoms with van der Waals surface area (Å²) in [7, 11) is 0. The minimum absolute atomic E-state index is 0.0391. The Bertz CT molecular complexity index is 520. The average molecular weight is 260 g/mol. The first-order valence-electron chi connectivity index (χ1n) is 7.31. The molecule has 0 radical (unpaired) electrons. The molecule has 4 nitrogen and oxygen atoms in total. The van der Waals surface area contributed by atoms with Gasteiger partial charge in [-0.25, -0.2) is 0 Å². The lowest BCUT2D eigenvalue weighted by Crippen LogP contribution is -2.34. The van der Waals surface area contributed by atoms with Crippen LogP contribution < -0.4 is 5.73 Å². The van der Waals surface area contributed by atoms with Gasteiger partial charge >= 0.3 is 0 Å². The predicted octanol–water partition coefficient (Wildman–Crippen LogP) is 2.17. The van der Waals surface area contributed by atoms with Crippen molar-refractivity contribution in [2.45, 2.75) is 56.7 Å². The van der Waals surface area contributed by atoms with Crippen LogP contribution in [0.5, 0.6) is 0 Å². The van der Waals surface area contributed by atoms with E-state index in [2.05, 4.69) is 13.0 Å². The minimum Gasteiger partial charge on any atom is -0.464 e. The highest BCUT2D eigenvalue weighted by atomic mass is 16.3. The molecule has 0 spiro atoms. The van der Waals surface area contributed by atoms with E-state index in [1.165, 1.54) is 6.42 Å². The molecular formula is C15H20N2O2. The van der Waals surface area contributed by atoms with Gasteiger partial charge in [-0.05, 0) is 37.3 Å². The zero-order chi connectivity index (χ0) is 13.1. The van der Waals surface area contributed by atoms with E-state index in [1.54, 1.807) is 0 Å². The van der Waals surface area contributed by atoms with E-state index in [0.29, 0.717) is 18.4 Å². The van der Waals surface area contributed by atoms with Crippen molar-refractivity contribution in [2.75, 3.05) is 0 Å². The maximum Gasteiger partial charge on any atom is 0.225 e. The van der Waals surface area contributed by atoms with Crippen LogP contribution in [0.15, 0.2) is 16.5 Å². The minimum atomic E-state index is -0.122. The first-order chi connectivity index (χ1) is 9.15. The van der Waals surface area contributed by atoms with Gasteiger partial charge in [0.25, 0.3) is 0 Å². The summed E-state index contributed by atoms with van der Waals surface area (Å²) in [5, 5.41) is 0. The van der Waals surface area contributed by atoms with Gasteiger partial charge in [-0.1, -0.05) is 6.92 Å². The fourth-order valence-corrected chi connectivity index (χ4v) is 3.36. The monoisotopic (exact) mass is 260 g/mol. The second kappa shape index (κ2) is 3.85. The number of hydrogen-bond acceptors (Lipinski definition) is 3. The van der Waals surface area contributed by atoms with E-state index in [4.69, 9.17) is 10.2 Å². The molecule has 4 rings (SSSR count). The van der Waals surface area contributed by atoms with Crippen molar-refractivity contribution in [3.63, 3.8) is 0 Å². The molecule has 3 fully saturated rings. The number of carbonyl (C=O) groups is 1. The molecule has 4 heteroatoms. The van der Waals surface area contributed by atoms with Crippen LogP contribution in [-0.2, 0) is 4.79 Å². The molecule has 2 N–H and O–H groups in total. The molecule has 4 atom stereocenters. The van der Waals surface area contributed by atoms with E-state index >= 15 is 0 Å². The molecule has 1 aromatic rings. The third-order valence-electron chi connectivity index (χ3n) is 4.76. The van der Waals surface area contributed by atoms with Crippen molar-refractivity contribution < 1.29 is 9.21 Å². The van der Waals surface area contributed by atoms with E-state index in [9.17, 15) is 4.79 Å². The van der Waals surface area contributed by atoms with Crippen LogP contribution in [0.2, 0.25) is 0 Å². The fourth-order valence-electron chi connectivity index (χ4n) is 3.36. The lowest BCUT2D eigenvalue weighted by atomic mass is 10.1.